The van der Waals surface area contributed by atoms with Crippen LogP contribution in [0.5, 0.6) is 5.75 Å². The summed E-state index contributed by atoms with van der Waals surface area (Å²) in [5, 5.41) is 14.0. The van der Waals surface area contributed by atoms with Crippen molar-refractivity contribution in [3.8, 4) is 5.75 Å². The number of hydrogen-bond donors (Lipinski definition) is 1. The number of nitrogens with zero attached hydrogens (tertiary/aromatic N) is 2. The summed E-state index contributed by atoms with van der Waals surface area (Å²) >= 11 is 0. The SMILES string of the molecule is CC(C1CCCc2c(OCC(=O)O)cccc21)n1nc(C(c2ccccc2)c2ccccc2)ccc1=O. The van der Waals surface area contributed by atoms with Gasteiger partial charge < -0.3 is 9.84 Å². The number of carbonyl (C=O) groups is 1. The Morgan fingerprint density at radius 3 is 2.30 bits per heavy atom. The highest BCUT2D eigenvalue weighted by atomic mass is 16.5. The van der Waals surface area contributed by atoms with E-state index in [1.807, 2.05) is 61.5 Å². The molecule has 1 heterocycles. The molecular weight excluding hydrogens is 464 g/mol. The lowest BCUT2D eigenvalue weighted by Crippen LogP contribution is -2.31. The maximum absolute atomic E-state index is 13.1. The number of aromatic nitrogens is 2. The van der Waals surface area contributed by atoms with Crippen molar-refractivity contribution in [2.75, 3.05) is 6.61 Å². The van der Waals surface area contributed by atoms with E-state index in [1.54, 1.807) is 10.7 Å². The van der Waals surface area contributed by atoms with E-state index < -0.39 is 5.97 Å². The molecule has 2 unspecified atom stereocenters. The summed E-state index contributed by atoms with van der Waals surface area (Å²) in [7, 11) is 0. The minimum absolute atomic E-state index is 0.0597. The highest BCUT2D eigenvalue weighted by Crippen LogP contribution is 2.42. The highest BCUT2D eigenvalue weighted by molar-refractivity contribution is 5.68. The summed E-state index contributed by atoms with van der Waals surface area (Å²) in [6.45, 7) is 1.67. The molecule has 6 nitrogen and oxygen atoms in total. The Morgan fingerprint density at radius 2 is 1.65 bits per heavy atom. The van der Waals surface area contributed by atoms with Crippen molar-refractivity contribution in [3.05, 3.63) is 129 Å². The molecule has 0 saturated heterocycles. The van der Waals surface area contributed by atoms with Gasteiger partial charge in [-0.3, -0.25) is 4.79 Å². The second kappa shape index (κ2) is 10.8. The summed E-state index contributed by atoms with van der Waals surface area (Å²) in [4.78, 5) is 24.2. The molecule has 0 saturated carbocycles. The van der Waals surface area contributed by atoms with E-state index >= 15 is 0 Å². The molecule has 0 bridgehead atoms. The largest absolute Gasteiger partial charge is 0.482 e. The molecule has 188 valence electrons. The van der Waals surface area contributed by atoms with Gasteiger partial charge in [-0.25, -0.2) is 9.48 Å². The average Bonchev–Trinajstić information content (AvgIpc) is 2.93. The predicted molar refractivity (Wildman–Crippen MR) is 142 cm³/mol. The van der Waals surface area contributed by atoms with Crippen LogP contribution in [0.15, 0.2) is 95.8 Å². The summed E-state index contributed by atoms with van der Waals surface area (Å²) in [5.74, 6) is -0.433. The second-order valence-corrected chi connectivity index (χ2v) is 9.54. The molecule has 3 aromatic carbocycles. The highest BCUT2D eigenvalue weighted by Gasteiger charge is 2.30. The van der Waals surface area contributed by atoms with Crippen LogP contribution in [0.4, 0.5) is 0 Å². The van der Waals surface area contributed by atoms with Gasteiger partial charge in [0.15, 0.2) is 6.61 Å². The number of hydrogen-bond acceptors (Lipinski definition) is 4. The molecule has 5 rings (SSSR count). The molecule has 0 fully saturated rings. The molecule has 1 aliphatic carbocycles. The Balaban J connectivity index is 1.53. The molecule has 4 aromatic rings. The number of ether oxygens (including phenoxy) is 1. The topological polar surface area (TPSA) is 81.4 Å². The van der Waals surface area contributed by atoms with Crippen LogP contribution >= 0.6 is 0 Å². The van der Waals surface area contributed by atoms with Crippen LogP contribution < -0.4 is 10.3 Å². The van der Waals surface area contributed by atoms with Crippen LogP contribution in [0.2, 0.25) is 0 Å². The van der Waals surface area contributed by atoms with E-state index in [2.05, 4.69) is 30.3 Å². The third-order valence-corrected chi connectivity index (χ3v) is 7.24. The number of benzene rings is 3. The molecule has 0 amide bonds. The Hall–Kier alpha value is -4.19. The lowest BCUT2D eigenvalue weighted by molar-refractivity contribution is -0.139. The lowest BCUT2D eigenvalue weighted by Gasteiger charge is -2.32. The van der Waals surface area contributed by atoms with E-state index in [0.29, 0.717) is 5.75 Å². The standard InChI is InChI=1S/C31H30N2O4/c1-21(24-14-8-16-26-25(24)15-9-17-28(26)37-20-30(35)36)33-29(34)19-18-27(32-33)31(22-10-4-2-5-11-22)23-12-6-3-7-13-23/h2-7,9-13,15,17-19,21,24,31H,8,14,16,20H2,1H3,(H,35,36). The minimum atomic E-state index is -1.00. The van der Waals surface area contributed by atoms with Crippen LogP contribution in [0.1, 0.15) is 65.6 Å². The maximum Gasteiger partial charge on any atom is 0.341 e. The first-order valence-electron chi connectivity index (χ1n) is 12.7. The van der Waals surface area contributed by atoms with Crippen molar-refractivity contribution in [1.29, 1.82) is 0 Å². The Morgan fingerprint density at radius 1 is 0.973 bits per heavy atom. The maximum atomic E-state index is 13.1. The molecular formula is C31H30N2O4. The first-order chi connectivity index (χ1) is 18.0. The van der Waals surface area contributed by atoms with Crippen molar-refractivity contribution >= 4 is 5.97 Å². The van der Waals surface area contributed by atoms with E-state index in [0.717, 1.165) is 47.2 Å². The normalized spacial score (nSPS) is 15.7. The molecule has 2 atom stereocenters. The number of fused-ring (bicyclic) bond motifs is 1. The summed E-state index contributed by atoms with van der Waals surface area (Å²) in [5.41, 5.74) is 5.04. The Labute approximate surface area is 216 Å². The minimum Gasteiger partial charge on any atom is -0.482 e. The molecule has 0 aliphatic heterocycles. The van der Waals surface area contributed by atoms with E-state index in [-0.39, 0.29) is 30.0 Å². The summed E-state index contributed by atoms with van der Waals surface area (Å²) < 4.78 is 7.21. The van der Waals surface area contributed by atoms with Crippen molar-refractivity contribution in [1.82, 2.24) is 9.78 Å². The van der Waals surface area contributed by atoms with Crippen LogP contribution in [0, 0.1) is 0 Å². The molecule has 6 heteroatoms. The van der Waals surface area contributed by atoms with E-state index in [4.69, 9.17) is 14.9 Å². The molecule has 0 radical (unpaired) electrons. The van der Waals surface area contributed by atoms with E-state index in [9.17, 15) is 9.59 Å². The van der Waals surface area contributed by atoms with Gasteiger partial charge in [-0.15, -0.1) is 0 Å². The van der Waals surface area contributed by atoms with Crippen molar-refractivity contribution < 1.29 is 14.6 Å². The van der Waals surface area contributed by atoms with Gasteiger partial charge >= 0.3 is 5.97 Å². The molecule has 1 aliphatic rings. The van der Waals surface area contributed by atoms with Crippen LogP contribution in [-0.2, 0) is 11.2 Å². The van der Waals surface area contributed by atoms with E-state index in [1.165, 1.54) is 0 Å². The first-order valence-corrected chi connectivity index (χ1v) is 12.7. The molecule has 1 aromatic heterocycles. The van der Waals surface area contributed by atoms with Gasteiger partial charge in [-0.2, -0.15) is 5.10 Å². The number of carboxylic acids is 1. The van der Waals surface area contributed by atoms with Crippen LogP contribution in [0.25, 0.3) is 0 Å². The first kappa shape index (κ1) is 24.5. The van der Waals surface area contributed by atoms with Crippen molar-refractivity contribution in [2.45, 2.75) is 44.1 Å². The molecule has 37 heavy (non-hydrogen) atoms. The van der Waals surface area contributed by atoms with Crippen molar-refractivity contribution in [2.24, 2.45) is 0 Å². The fourth-order valence-electron chi connectivity index (χ4n) is 5.51. The van der Waals surface area contributed by atoms with Crippen LogP contribution in [0.3, 0.4) is 0 Å². The van der Waals surface area contributed by atoms with Gasteiger partial charge in [0.1, 0.15) is 5.75 Å². The van der Waals surface area contributed by atoms with Gasteiger partial charge in [0.05, 0.1) is 17.7 Å². The third kappa shape index (κ3) is 5.19. The Bertz CT molecular complexity index is 1390. The fraction of sp³-hybridized carbons (Fsp3) is 0.258. The van der Waals surface area contributed by atoms with Crippen molar-refractivity contribution in [3.63, 3.8) is 0 Å². The number of rotatable bonds is 8. The summed E-state index contributed by atoms with van der Waals surface area (Å²) in [6, 6.07) is 29.5. The Kier molecular flexibility index (Phi) is 7.17. The number of aliphatic carboxylic acids is 1. The lowest BCUT2D eigenvalue weighted by atomic mass is 9.79. The smallest absolute Gasteiger partial charge is 0.341 e. The molecule has 1 N–H and O–H groups in total. The van der Waals surface area contributed by atoms with Gasteiger partial charge in [0.25, 0.3) is 5.56 Å². The monoisotopic (exact) mass is 494 g/mol. The van der Waals surface area contributed by atoms with Gasteiger partial charge in [0.2, 0.25) is 0 Å². The third-order valence-electron chi connectivity index (χ3n) is 7.24. The quantitative estimate of drug-likeness (QED) is 0.346. The fourth-order valence-corrected chi connectivity index (χ4v) is 5.51. The predicted octanol–water partition coefficient (Wildman–Crippen LogP) is 5.57. The molecule has 0 spiro atoms. The summed E-state index contributed by atoms with van der Waals surface area (Å²) in [6.07, 6.45) is 2.66. The van der Waals surface area contributed by atoms with Gasteiger partial charge in [0, 0.05) is 12.0 Å². The van der Waals surface area contributed by atoms with Gasteiger partial charge in [-0.05, 0) is 60.6 Å². The van der Waals surface area contributed by atoms with Crippen LogP contribution in [-0.4, -0.2) is 27.5 Å². The number of carboxylic acid groups (broad SMARTS) is 1. The average molecular weight is 495 g/mol. The zero-order valence-electron chi connectivity index (χ0n) is 20.8. The van der Waals surface area contributed by atoms with Gasteiger partial charge in [-0.1, -0.05) is 72.8 Å². The zero-order chi connectivity index (χ0) is 25.8. The second-order valence-electron chi connectivity index (χ2n) is 9.54. The zero-order valence-corrected chi connectivity index (χ0v) is 20.8.